The molecule has 2 aromatic rings. The number of benzene rings is 1. The molecule has 3 nitrogen and oxygen atoms in total. The standard InChI is InChI=1S/C19H22FNO2S/c20-16-5-3-15(4-6-16)19(9-10-19)18(23)21-11-7-14(8-12-22)17-2-1-13-24-17/h1-6,13-14,22H,7-12H2,(H,21,23)/t14-/m1/s1. The second-order valence-corrected chi connectivity index (χ2v) is 7.34. The smallest absolute Gasteiger partial charge is 0.230 e. The van der Waals surface area contributed by atoms with Gasteiger partial charge in [0.2, 0.25) is 5.91 Å². The Labute approximate surface area is 145 Å². The van der Waals surface area contributed by atoms with Crippen molar-refractivity contribution in [2.24, 2.45) is 0 Å². The number of thiophene rings is 1. The van der Waals surface area contributed by atoms with Crippen LogP contribution in [0, 0.1) is 5.82 Å². The minimum atomic E-state index is -0.469. The van der Waals surface area contributed by atoms with E-state index in [2.05, 4.69) is 11.4 Å². The molecule has 1 atom stereocenters. The first-order valence-electron chi connectivity index (χ1n) is 8.34. The molecule has 1 aromatic heterocycles. The van der Waals surface area contributed by atoms with Gasteiger partial charge < -0.3 is 10.4 Å². The number of rotatable bonds is 8. The van der Waals surface area contributed by atoms with Gasteiger partial charge in [-0.05, 0) is 60.7 Å². The quantitative estimate of drug-likeness (QED) is 0.767. The van der Waals surface area contributed by atoms with Gasteiger partial charge in [0.05, 0.1) is 5.41 Å². The third-order valence-electron chi connectivity index (χ3n) is 4.78. The molecule has 0 saturated heterocycles. The van der Waals surface area contributed by atoms with Gasteiger partial charge in [0.15, 0.2) is 0 Å². The number of hydrogen-bond acceptors (Lipinski definition) is 3. The normalized spacial score (nSPS) is 16.6. The number of halogens is 1. The molecule has 128 valence electrons. The molecule has 1 heterocycles. The van der Waals surface area contributed by atoms with Gasteiger partial charge in [0.1, 0.15) is 5.82 Å². The van der Waals surface area contributed by atoms with E-state index in [4.69, 9.17) is 0 Å². The number of carbonyl (C=O) groups is 1. The molecule has 1 aromatic carbocycles. The van der Waals surface area contributed by atoms with Gasteiger partial charge in [-0.25, -0.2) is 4.39 Å². The summed E-state index contributed by atoms with van der Waals surface area (Å²) in [5, 5.41) is 14.3. The zero-order valence-electron chi connectivity index (χ0n) is 13.5. The summed E-state index contributed by atoms with van der Waals surface area (Å²) in [6.07, 6.45) is 3.15. The molecule has 0 spiro atoms. The van der Waals surface area contributed by atoms with Gasteiger partial charge >= 0.3 is 0 Å². The van der Waals surface area contributed by atoms with Crippen molar-refractivity contribution < 1.29 is 14.3 Å². The van der Waals surface area contributed by atoms with Crippen LogP contribution >= 0.6 is 11.3 Å². The van der Waals surface area contributed by atoms with Crippen molar-refractivity contribution in [1.82, 2.24) is 5.32 Å². The average Bonchev–Trinajstić information content (AvgIpc) is 3.21. The molecule has 0 bridgehead atoms. The maximum atomic E-state index is 13.1. The van der Waals surface area contributed by atoms with Crippen LogP contribution in [0.2, 0.25) is 0 Å². The molecule has 1 amide bonds. The van der Waals surface area contributed by atoms with E-state index in [0.29, 0.717) is 13.0 Å². The molecule has 1 aliphatic rings. The highest BCUT2D eigenvalue weighted by atomic mass is 32.1. The summed E-state index contributed by atoms with van der Waals surface area (Å²) in [7, 11) is 0. The van der Waals surface area contributed by atoms with E-state index < -0.39 is 5.41 Å². The molecule has 0 unspecified atom stereocenters. The predicted molar refractivity (Wildman–Crippen MR) is 93.7 cm³/mol. The predicted octanol–water partition coefficient (Wildman–Crippen LogP) is 3.59. The van der Waals surface area contributed by atoms with Gasteiger partial charge in [0, 0.05) is 18.0 Å². The molecule has 0 radical (unpaired) electrons. The lowest BCUT2D eigenvalue weighted by Gasteiger charge is -2.18. The Kier molecular flexibility index (Phi) is 5.31. The lowest BCUT2D eigenvalue weighted by Crippen LogP contribution is -2.35. The van der Waals surface area contributed by atoms with Crippen LogP contribution in [0.25, 0.3) is 0 Å². The number of aliphatic hydroxyl groups is 1. The van der Waals surface area contributed by atoms with E-state index in [-0.39, 0.29) is 24.2 Å². The first kappa shape index (κ1) is 17.1. The highest BCUT2D eigenvalue weighted by Crippen LogP contribution is 2.48. The summed E-state index contributed by atoms with van der Waals surface area (Å²) >= 11 is 1.69. The Morgan fingerprint density at radius 2 is 2.00 bits per heavy atom. The van der Waals surface area contributed by atoms with Gasteiger partial charge in [-0.3, -0.25) is 4.79 Å². The third-order valence-corrected chi connectivity index (χ3v) is 5.82. The van der Waals surface area contributed by atoms with Crippen LogP contribution in [-0.2, 0) is 10.2 Å². The van der Waals surface area contributed by atoms with Crippen LogP contribution in [-0.4, -0.2) is 24.2 Å². The van der Waals surface area contributed by atoms with Crippen molar-refractivity contribution in [2.45, 2.75) is 37.0 Å². The van der Waals surface area contributed by atoms with E-state index in [1.807, 2.05) is 11.4 Å². The number of amides is 1. The van der Waals surface area contributed by atoms with E-state index in [0.717, 1.165) is 24.8 Å². The van der Waals surface area contributed by atoms with E-state index in [1.54, 1.807) is 23.5 Å². The molecule has 0 aliphatic heterocycles. The maximum absolute atomic E-state index is 13.1. The largest absolute Gasteiger partial charge is 0.396 e. The second kappa shape index (κ2) is 7.45. The van der Waals surface area contributed by atoms with Crippen LogP contribution in [0.4, 0.5) is 4.39 Å². The zero-order valence-corrected chi connectivity index (χ0v) is 14.3. The average molecular weight is 347 g/mol. The summed E-state index contributed by atoms with van der Waals surface area (Å²) in [6.45, 7) is 0.736. The van der Waals surface area contributed by atoms with Crippen LogP contribution in [0.1, 0.15) is 42.0 Å². The zero-order chi connectivity index (χ0) is 17.0. The number of hydrogen-bond donors (Lipinski definition) is 2. The Morgan fingerprint density at radius 3 is 2.58 bits per heavy atom. The SMILES string of the molecule is O=C(NCC[C@H](CCO)c1cccs1)C1(c2ccc(F)cc2)CC1. The number of aliphatic hydroxyl groups excluding tert-OH is 1. The molecule has 2 N–H and O–H groups in total. The van der Waals surface area contributed by atoms with Crippen LogP contribution in [0.15, 0.2) is 41.8 Å². The minimum absolute atomic E-state index is 0.0306. The highest BCUT2D eigenvalue weighted by molar-refractivity contribution is 7.10. The van der Waals surface area contributed by atoms with E-state index in [9.17, 15) is 14.3 Å². The highest BCUT2D eigenvalue weighted by Gasteiger charge is 2.51. The minimum Gasteiger partial charge on any atom is -0.396 e. The van der Waals surface area contributed by atoms with Gasteiger partial charge in [-0.1, -0.05) is 18.2 Å². The molecule has 1 aliphatic carbocycles. The van der Waals surface area contributed by atoms with Gasteiger partial charge in [-0.15, -0.1) is 11.3 Å². The van der Waals surface area contributed by atoms with Gasteiger partial charge in [0.25, 0.3) is 0 Å². The van der Waals surface area contributed by atoms with Crippen molar-refractivity contribution >= 4 is 17.2 Å². The third kappa shape index (κ3) is 3.68. The maximum Gasteiger partial charge on any atom is 0.230 e. The molecular weight excluding hydrogens is 325 g/mol. The van der Waals surface area contributed by atoms with Crippen LogP contribution in [0.3, 0.4) is 0 Å². The van der Waals surface area contributed by atoms with Crippen molar-refractivity contribution in [2.75, 3.05) is 13.2 Å². The fourth-order valence-electron chi connectivity index (χ4n) is 3.18. The van der Waals surface area contributed by atoms with E-state index in [1.165, 1.54) is 17.0 Å². The Balaban J connectivity index is 1.56. The van der Waals surface area contributed by atoms with Gasteiger partial charge in [-0.2, -0.15) is 0 Å². The second-order valence-electron chi connectivity index (χ2n) is 6.36. The van der Waals surface area contributed by atoms with Crippen molar-refractivity contribution in [3.8, 4) is 0 Å². The van der Waals surface area contributed by atoms with Crippen molar-refractivity contribution in [1.29, 1.82) is 0 Å². The number of nitrogens with one attached hydrogen (secondary N) is 1. The molecular formula is C19H22FNO2S. The van der Waals surface area contributed by atoms with Crippen LogP contribution < -0.4 is 5.32 Å². The molecule has 24 heavy (non-hydrogen) atoms. The monoisotopic (exact) mass is 347 g/mol. The number of carbonyl (C=O) groups excluding carboxylic acids is 1. The van der Waals surface area contributed by atoms with Crippen molar-refractivity contribution in [3.05, 3.63) is 58.0 Å². The first-order chi connectivity index (χ1) is 11.7. The Hall–Kier alpha value is -1.72. The van der Waals surface area contributed by atoms with Crippen LogP contribution in [0.5, 0.6) is 0 Å². The summed E-state index contributed by atoms with van der Waals surface area (Å²) < 4.78 is 13.1. The fraction of sp³-hybridized carbons (Fsp3) is 0.421. The summed E-state index contributed by atoms with van der Waals surface area (Å²) in [5.74, 6) is 0.0251. The fourth-order valence-corrected chi connectivity index (χ4v) is 4.08. The first-order valence-corrected chi connectivity index (χ1v) is 9.22. The molecule has 1 fully saturated rings. The Morgan fingerprint density at radius 1 is 1.25 bits per heavy atom. The lowest BCUT2D eigenvalue weighted by molar-refractivity contribution is -0.123. The summed E-state index contributed by atoms with van der Waals surface area (Å²) in [4.78, 5) is 13.8. The van der Waals surface area contributed by atoms with E-state index >= 15 is 0 Å². The van der Waals surface area contributed by atoms with Crippen molar-refractivity contribution in [3.63, 3.8) is 0 Å². The Bertz CT molecular complexity index is 665. The topological polar surface area (TPSA) is 49.3 Å². The lowest BCUT2D eigenvalue weighted by atomic mass is 9.94. The summed E-state index contributed by atoms with van der Waals surface area (Å²) in [5.41, 5.74) is 0.426. The molecule has 1 saturated carbocycles. The molecule has 3 rings (SSSR count). The molecule has 5 heteroatoms. The summed E-state index contributed by atoms with van der Waals surface area (Å²) in [6, 6.07) is 10.3.